The topological polar surface area (TPSA) is 20.2 Å². The standard InChI is InChI=1S/C20H34O/c1-6-11-18(12-7-2)20(21)19-16(9-4)13-15(8-3)14-17(19)10-5/h13-14,18,20-21H,6-12H2,1-5H3. The number of benzene rings is 1. The van der Waals surface area contributed by atoms with Gasteiger partial charge in [-0.25, -0.2) is 0 Å². The monoisotopic (exact) mass is 290 g/mol. The predicted octanol–water partition coefficient (Wildman–Crippen LogP) is 5.62. The highest BCUT2D eigenvalue weighted by Crippen LogP contribution is 2.35. The molecule has 0 amide bonds. The van der Waals surface area contributed by atoms with Crippen molar-refractivity contribution in [1.82, 2.24) is 0 Å². The van der Waals surface area contributed by atoms with E-state index in [-0.39, 0.29) is 6.10 Å². The van der Waals surface area contributed by atoms with Gasteiger partial charge in [0.1, 0.15) is 0 Å². The molecular weight excluding hydrogens is 256 g/mol. The van der Waals surface area contributed by atoms with Crippen molar-refractivity contribution in [2.45, 2.75) is 85.7 Å². The van der Waals surface area contributed by atoms with Crippen LogP contribution in [0.5, 0.6) is 0 Å². The smallest absolute Gasteiger partial charge is 0.0823 e. The van der Waals surface area contributed by atoms with Crippen LogP contribution >= 0.6 is 0 Å². The molecule has 1 atom stereocenters. The molecule has 0 aromatic heterocycles. The van der Waals surface area contributed by atoms with E-state index < -0.39 is 0 Å². The molecule has 0 aliphatic rings. The van der Waals surface area contributed by atoms with Gasteiger partial charge >= 0.3 is 0 Å². The Balaban J connectivity index is 3.24. The van der Waals surface area contributed by atoms with E-state index in [1.54, 1.807) is 0 Å². The van der Waals surface area contributed by atoms with Crippen LogP contribution in [-0.2, 0) is 19.3 Å². The molecular formula is C20H34O. The maximum absolute atomic E-state index is 11.0. The van der Waals surface area contributed by atoms with E-state index in [1.807, 2.05) is 0 Å². The molecule has 0 radical (unpaired) electrons. The van der Waals surface area contributed by atoms with Crippen molar-refractivity contribution >= 4 is 0 Å². The Labute approximate surface area is 131 Å². The maximum atomic E-state index is 11.0. The summed E-state index contributed by atoms with van der Waals surface area (Å²) < 4.78 is 0. The molecule has 1 aromatic rings. The fraction of sp³-hybridized carbons (Fsp3) is 0.700. The Bertz CT molecular complexity index is 391. The molecule has 1 nitrogen and oxygen atoms in total. The van der Waals surface area contributed by atoms with Crippen molar-refractivity contribution < 1.29 is 5.11 Å². The summed E-state index contributed by atoms with van der Waals surface area (Å²) >= 11 is 0. The highest BCUT2D eigenvalue weighted by Gasteiger charge is 2.24. The van der Waals surface area contributed by atoms with Gasteiger partial charge in [0, 0.05) is 0 Å². The third-order valence-electron chi connectivity index (χ3n) is 4.64. The average molecular weight is 290 g/mol. The van der Waals surface area contributed by atoms with Crippen molar-refractivity contribution in [3.8, 4) is 0 Å². The van der Waals surface area contributed by atoms with Crippen LogP contribution in [0.1, 0.15) is 88.7 Å². The zero-order valence-corrected chi connectivity index (χ0v) is 14.7. The molecule has 0 saturated heterocycles. The lowest BCUT2D eigenvalue weighted by molar-refractivity contribution is 0.0948. The molecule has 0 bridgehead atoms. The van der Waals surface area contributed by atoms with E-state index in [0.717, 1.165) is 44.9 Å². The molecule has 1 rings (SSSR count). The number of hydrogen-bond acceptors (Lipinski definition) is 1. The lowest BCUT2D eigenvalue weighted by Crippen LogP contribution is -2.17. The van der Waals surface area contributed by atoms with E-state index in [1.165, 1.54) is 22.3 Å². The van der Waals surface area contributed by atoms with Gasteiger partial charge in [0.05, 0.1) is 6.10 Å². The van der Waals surface area contributed by atoms with Gasteiger partial charge in [-0.3, -0.25) is 0 Å². The lowest BCUT2D eigenvalue weighted by atomic mass is 9.82. The van der Waals surface area contributed by atoms with Gasteiger partial charge in [0.15, 0.2) is 0 Å². The Kier molecular flexibility index (Phi) is 8.03. The average Bonchev–Trinajstić information content (AvgIpc) is 2.52. The predicted molar refractivity (Wildman–Crippen MR) is 92.8 cm³/mol. The van der Waals surface area contributed by atoms with E-state index in [4.69, 9.17) is 0 Å². The molecule has 1 unspecified atom stereocenters. The third-order valence-corrected chi connectivity index (χ3v) is 4.64. The molecule has 0 fully saturated rings. The van der Waals surface area contributed by atoms with Crippen LogP contribution in [-0.4, -0.2) is 5.11 Å². The van der Waals surface area contributed by atoms with Gasteiger partial charge < -0.3 is 5.11 Å². The second-order valence-corrected chi connectivity index (χ2v) is 6.17. The van der Waals surface area contributed by atoms with Crippen molar-refractivity contribution in [2.24, 2.45) is 5.92 Å². The van der Waals surface area contributed by atoms with E-state index in [2.05, 4.69) is 46.8 Å². The summed E-state index contributed by atoms with van der Waals surface area (Å²) in [6.07, 6.45) is 7.35. The number of hydrogen-bond donors (Lipinski definition) is 1. The Morgan fingerprint density at radius 3 is 1.62 bits per heavy atom. The van der Waals surface area contributed by atoms with E-state index in [9.17, 15) is 5.11 Å². The zero-order valence-electron chi connectivity index (χ0n) is 14.7. The van der Waals surface area contributed by atoms with Gasteiger partial charge in [0.25, 0.3) is 0 Å². The number of aryl methyl sites for hydroxylation is 3. The van der Waals surface area contributed by atoms with Crippen LogP contribution in [0.2, 0.25) is 0 Å². The normalized spacial score (nSPS) is 12.9. The summed E-state index contributed by atoms with van der Waals surface area (Å²) in [6.45, 7) is 11.1. The van der Waals surface area contributed by atoms with Crippen LogP contribution in [0.25, 0.3) is 0 Å². The lowest BCUT2D eigenvalue weighted by Gasteiger charge is -2.27. The maximum Gasteiger partial charge on any atom is 0.0823 e. The first kappa shape index (κ1) is 18.2. The minimum absolute atomic E-state index is 0.291. The fourth-order valence-corrected chi connectivity index (χ4v) is 3.46. The largest absolute Gasteiger partial charge is 0.388 e. The van der Waals surface area contributed by atoms with Gasteiger partial charge in [-0.2, -0.15) is 0 Å². The Hall–Kier alpha value is -0.820. The molecule has 21 heavy (non-hydrogen) atoms. The van der Waals surface area contributed by atoms with Gasteiger partial charge in [0.2, 0.25) is 0 Å². The summed E-state index contributed by atoms with van der Waals surface area (Å²) in [5, 5.41) is 11.0. The minimum atomic E-state index is -0.291. The summed E-state index contributed by atoms with van der Waals surface area (Å²) in [5.74, 6) is 0.406. The van der Waals surface area contributed by atoms with Crippen molar-refractivity contribution in [3.05, 3.63) is 34.4 Å². The summed E-state index contributed by atoms with van der Waals surface area (Å²) in [5.41, 5.74) is 5.36. The fourth-order valence-electron chi connectivity index (χ4n) is 3.46. The first-order valence-corrected chi connectivity index (χ1v) is 8.95. The molecule has 1 heteroatoms. The van der Waals surface area contributed by atoms with Crippen molar-refractivity contribution in [2.75, 3.05) is 0 Å². The quantitative estimate of drug-likeness (QED) is 0.625. The Morgan fingerprint density at radius 1 is 0.810 bits per heavy atom. The molecule has 0 saturated carbocycles. The van der Waals surface area contributed by atoms with Crippen molar-refractivity contribution in [3.63, 3.8) is 0 Å². The van der Waals surface area contributed by atoms with Crippen LogP contribution in [0.3, 0.4) is 0 Å². The van der Waals surface area contributed by atoms with Crippen LogP contribution in [0.15, 0.2) is 12.1 Å². The second kappa shape index (κ2) is 9.25. The Morgan fingerprint density at radius 2 is 1.29 bits per heavy atom. The SMILES string of the molecule is CCCC(CCC)C(O)c1c(CC)cc(CC)cc1CC. The van der Waals surface area contributed by atoms with E-state index in [0.29, 0.717) is 5.92 Å². The summed E-state index contributed by atoms with van der Waals surface area (Å²) in [7, 11) is 0. The van der Waals surface area contributed by atoms with Crippen LogP contribution in [0, 0.1) is 5.92 Å². The van der Waals surface area contributed by atoms with E-state index >= 15 is 0 Å². The highest BCUT2D eigenvalue weighted by molar-refractivity contribution is 5.41. The van der Waals surface area contributed by atoms with Gasteiger partial charge in [-0.1, -0.05) is 59.6 Å². The summed E-state index contributed by atoms with van der Waals surface area (Å²) in [6, 6.07) is 4.62. The number of aliphatic hydroxyl groups is 1. The molecule has 0 spiro atoms. The first-order chi connectivity index (χ1) is 10.1. The number of aliphatic hydroxyl groups excluding tert-OH is 1. The van der Waals surface area contributed by atoms with Crippen LogP contribution < -0.4 is 0 Å². The number of rotatable bonds is 9. The molecule has 1 N–H and O–H groups in total. The van der Waals surface area contributed by atoms with Crippen molar-refractivity contribution in [1.29, 1.82) is 0 Å². The van der Waals surface area contributed by atoms with Gasteiger partial charge in [-0.05, 0) is 60.3 Å². The van der Waals surface area contributed by atoms with Gasteiger partial charge in [-0.15, -0.1) is 0 Å². The molecule has 0 heterocycles. The van der Waals surface area contributed by atoms with Crippen LogP contribution in [0.4, 0.5) is 0 Å². The first-order valence-electron chi connectivity index (χ1n) is 8.95. The molecule has 120 valence electrons. The zero-order chi connectivity index (χ0) is 15.8. The third kappa shape index (κ3) is 4.57. The minimum Gasteiger partial charge on any atom is -0.388 e. The molecule has 1 aromatic carbocycles. The summed E-state index contributed by atoms with van der Waals surface area (Å²) in [4.78, 5) is 0. The molecule has 0 aliphatic carbocycles. The molecule has 0 aliphatic heterocycles. The highest BCUT2D eigenvalue weighted by atomic mass is 16.3. The second-order valence-electron chi connectivity index (χ2n) is 6.17.